The number of fused-ring (bicyclic) bond motifs is 10. The zero-order valence-electron chi connectivity index (χ0n) is 42.1. The molecule has 0 aliphatic heterocycles. The first-order valence-electron chi connectivity index (χ1n) is 26.5. The lowest BCUT2D eigenvalue weighted by atomic mass is 9.95. The first-order chi connectivity index (χ1) is 38.6. The van der Waals surface area contributed by atoms with Crippen LogP contribution in [0.4, 0.5) is 0 Å². The largest absolute Gasteiger partial charge is 0.456 e. The molecular weight excluding hydrogens is 949 g/mol. The van der Waals surface area contributed by atoms with Crippen molar-refractivity contribution in [2.75, 3.05) is 0 Å². The Morgan fingerprint density at radius 2 is 0.679 bits per heavy atom. The van der Waals surface area contributed by atoms with Gasteiger partial charge in [0, 0.05) is 49.9 Å². The molecule has 0 saturated heterocycles. The summed E-state index contributed by atoms with van der Waals surface area (Å²) in [6, 6.07) is 95.7. The van der Waals surface area contributed by atoms with E-state index in [1.165, 1.54) is 43.4 Å². The van der Waals surface area contributed by atoms with Crippen LogP contribution in [0.2, 0.25) is 0 Å². The first kappa shape index (κ1) is 43.9. The highest BCUT2D eigenvalue weighted by Crippen LogP contribution is 2.45. The average molecular weight is 993 g/mol. The molecule has 13 aromatic carbocycles. The Balaban J connectivity index is 0.938. The van der Waals surface area contributed by atoms with Gasteiger partial charge in [0.2, 0.25) is 0 Å². The van der Waals surface area contributed by atoms with E-state index in [-0.39, 0.29) is 0 Å². The molecule has 78 heavy (non-hydrogen) atoms. The van der Waals surface area contributed by atoms with Gasteiger partial charge in [-0.3, -0.25) is 0 Å². The molecule has 5 heteroatoms. The molecule has 5 nitrogen and oxygen atoms in total. The van der Waals surface area contributed by atoms with Crippen molar-refractivity contribution in [1.29, 1.82) is 0 Å². The van der Waals surface area contributed by atoms with Crippen LogP contribution in [0.25, 0.3) is 160 Å². The van der Waals surface area contributed by atoms with Gasteiger partial charge in [-0.2, -0.15) is 0 Å². The molecule has 0 radical (unpaired) electrons. The molecule has 0 saturated carbocycles. The Labute approximate surface area is 448 Å². The van der Waals surface area contributed by atoms with Crippen molar-refractivity contribution in [1.82, 2.24) is 19.5 Å². The monoisotopic (exact) mass is 992 g/mol. The van der Waals surface area contributed by atoms with Crippen molar-refractivity contribution < 1.29 is 4.42 Å². The zero-order valence-corrected chi connectivity index (χ0v) is 42.1. The summed E-state index contributed by atoms with van der Waals surface area (Å²) in [5.74, 6) is 1.77. The Bertz CT molecular complexity index is 4880. The molecule has 3 aromatic heterocycles. The average Bonchev–Trinajstić information content (AvgIpc) is 4.20. The van der Waals surface area contributed by atoms with E-state index in [1.807, 2.05) is 6.07 Å². The lowest BCUT2D eigenvalue weighted by Gasteiger charge is -2.16. The summed E-state index contributed by atoms with van der Waals surface area (Å²) in [7, 11) is 0. The van der Waals surface area contributed by atoms with Crippen molar-refractivity contribution in [3.8, 4) is 73.2 Å². The Morgan fingerprint density at radius 3 is 1.21 bits per heavy atom. The van der Waals surface area contributed by atoms with E-state index in [4.69, 9.17) is 19.4 Å². The van der Waals surface area contributed by atoms with Crippen LogP contribution in [0.3, 0.4) is 0 Å². The number of aromatic nitrogens is 4. The molecule has 0 aliphatic carbocycles. The minimum Gasteiger partial charge on any atom is -0.456 e. The SMILES string of the molecule is c1ccc(-c2ccc(-c3ccc(-c4cc5c(cc4-n4c6cc7ccccc7cc6c6cc7ccccc7cc64)oc4cccc(-c6nc(-c7ccc8ccccc8c7)nc(-c7ccc8ccccc8c7)n6)c45)cc3)cc2)cc1. The molecule has 0 unspecified atom stereocenters. The second-order valence-electron chi connectivity index (χ2n) is 20.4. The highest BCUT2D eigenvalue weighted by Gasteiger charge is 2.23. The quantitative estimate of drug-likeness (QED) is 0.160. The Kier molecular flexibility index (Phi) is 9.87. The summed E-state index contributed by atoms with van der Waals surface area (Å²) >= 11 is 0. The van der Waals surface area contributed by atoms with Gasteiger partial charge in [-0.25, -0.2) is 15.0 Å². The molecule has 0 spiro atoms. The number of nitrogens with zero attached hydrogens (tertiary/aromatic N) is 4. The molecule has 0 amide bonds. The van der Waals surface area contributed by atoms with Crippen molar-refractivity contribution in [3.63, 3.8) is 0 Å². The van der Waals surface area contributed by atoms with Gasteiger partial charge in [0.1, 0.15) is 11.2 Å². The van der Waals surface area contributed by atoms with Gasteiger partial charge in [0.05, 0.1) is 16.7 Å². The summed E-state index contributed by atoms with van der Waals surface area (Å²) < 4.78 is 9.53. The van der Waals surface area contributed by atoms with Gasteiger partial charge in [-0.1, -0.05) is 212 Å². The van der Waals surface area contributed by atoms with E-state index in [0.29, 0.717) is 17.5 Å². The summed E-state index contributed by atoms with van der Waals surface area (Å²) in [5.41, 5.74) is 14.3. The highest BCUT2D eigenvalue weighted by atomic mass is 16.3. The van der Waals surface area contributed by atoms with Gasteiger partial charge in [0.15, 0.2) is 17.5 Å². The van der Waals surface area contributed by atoms with Crippen molar-refractivity contribution in [2.24, 2.45) is 0 Å². The third kappa shape index (κ3) is 7.28. The normalized spacial score (nSPS) is 11.8. The molecule has 0 N–H and O–H groups in total. The third-order valence-corrected chi connectivity index (χ3v) is 15.8. The molecule has 0 bridgehead atoms. The Morgan fingerprint density at radius 1 is 0.256 bits per heavy atom. The maximum atomic E-state index is 7.07. The van der Waals surface area contributed by atoms with E-state index in [2.05, 4.69) is 265 Å². The lowest BCUT2D eigenvalue weighted by molar-refractivity contribution is 0.668. The first-order valence-corrected chi connectivity index (χ1v) is 26.5. The van der Waals surface area contributed by atoms with Crippen molar-refractivity contribution in [3.05, 3.63) is 267 Å². The van der Waals surface area contributed by atoms with E-state index < -0.39 is 0 Å². The molecule has 0 fully saturated rings. The molecule has 3 heterocycles. The second-order valence-corrected chi connectivity index (χ2v) is 20.4. The topological polar surface area (TPSA) is 56.7 Å². The third-order valence-electron chi connectivity index (χ3n) is 15.8. The van der Waals surface area contributed by atoms with Gasteiger partial charge < -0.3 is 8.98 Å². The van der Waals surface area contributed by atoms with E-state index >= 15 is 0 Å². The Hall–Kier alpha value is -10.5. The number of benzene rings is 13. The lowest BCUT2D eigenvalue weighted by Crippen LogP contribution is -2.00. The summed E-state index contributed by atoms with van der Waals surface area (Å²) in [4.78, 5) is 15.9. The van der Waals surface area contributed by atoms with Crippen LogP contribution in [-0.2, 0) is 0 Å². The molecule has 362 valence electrons. The summed E-state index contributed by atoms with van der Waals surface area (Å²) in [6.07, 6.45) is 0. The van der Waals surface area contributed by atoms with Crippen LogP contribution < -0.4 is 0 Å². The van der Waals surface area contributed by atoms with E-state index in [1.54, 1.807) is 0 Å². The van der Waals surface area contributed by atoms with Crippen molar-refractivity contribution in [2.45, 2.75) is 0 Å². The zero-order chi connectivity index (χ0) is 51.3. The fourth-order valence-electron chi connectivity index (χ4n) is 11.9. The molecule has 16 aromatic rings. The maximum absolute atomic E-state index is 7.07. The smallest absolute Gasteiger partial charge is 0.164 e. The second kappa shape index (κ2) is 17.6. The highest BCUT2D eigenvalue weighted by molar-refractivity contribution is 6.18. The number of hydrogen-bond donors (Lipinski definition) is 0. The number of rotatable bonds is 7. The van der Waals surface area contributed by atoms with Crippen LogP contribution in [0, 0.1) is 0 Å². The van der Waals surface area contributed by atoms with Crippen LogP contribution in [0.5, 0.6) is 0 Å². The van der Waals surface area contributed by atoms with Crippen LogP contribution >= 0.6 is 0 Å². The van der Waals surface area contributed by atoms with Crippen LogP contribution in [0.15, 0.2) is 271 Å². The van der Waals surface area contributed by atoms with E-state index in [0.717, 1.165) is 99.1 Å². The minimum atomic E-state index is 0.569. The maximum Gasteiger partial charge on any atom is 0.164 e. The number of hydrogen-bond acceptors (Lipinski definition) is 4. The van der Waals surface area contributed by atoms with Gasteiger partial charge in [-0.15, -0.1) is 0 Å². The molecule has 16 rings (SSSR count). The molecule has 0 atom stereocenters. The molecular formula is C73H44N4O. The standard InChI is InChI=1S/C73H44N4O/c1-2-13-45(14-3-1)48-25-27-49(28-26-48)50-29-33-51(34-30-50)61-43-64-69(44-67(61)77-65-41-56-21-10-8-19-54(56)39-62(65)63-40-55-20-9-11-22-57(55)42-66(63)77)78-68-24-12-23-60(70(64)68)73-75-71(58-35-31-46-15-4-6-17-52(46)37-58)74-72(76-73)59-36-32-47-16-5-7-18-53(47)38-59/h1-44H. The minimum absolute atomic E-state index is 0.569. The van der Waals surface area contributed by atoms with Gasteiger partial charge in [0.25, 0.3) is 0 Å². The van der Waals surface area contributed by atoms with Crippen molar-refractivity contribution >= 4 is 86.8 Å². The predicted molar refractivity (Wildman–Crippen MR) is 324 cm³/mol. The van der Waals surface area contributed by atoms with E-state index in [9.17, 15) is 0 Å². The van der Waals surface area contributed by atoms with Crippen LogP contribution in [0.1, 0.15) is 0 Å². The van der Waals surface area contributed by atoms with Crippen LogP contribution in [-0.4, -0.2) is 19.5 Å². The fraction of sp³-hybridized carbons (Fsp3) is 0. The summed E-state index contributed by atoms with van der Waals surface area (Å²) in [5, 5.41) is 13.6. The predicted octanol–water partition coefficient (Wildman–Crippen LogP) is 19.5. The van der Waals surface area contributed by atoms with Gasteiger partial charge in [-0.05, 0) is 119 Å². The summed E-state index contributed by atoms with van der Waals surface area (Å²) in [6.45, 7) is 0. The fourth-order valence-corrected chi connectivity index (χ4v) is 11.9. The van der Waals surface area contributed by atoms with Gasteiger partial charge >= 0.3 is 0 Å². The number of furan rings is 1. The molecule has 0 aliphatic rings.